The molecule has 0 aromatic heterocycles. The first-order valence-electron chi connectivity index (χ1n) is 42.2. The quantitative estimate of drug-likeness (QED) is 0.0103. The van der Waals surface area contributed by atoms with E-state index in [9.17, 15) is 72.5 Å². The number of carbonyl (C=O) groups is 13. The maximum absolute atomic E-state index is 14.9. The van der Waals surface area contributed by atoms with E-state index in [-0.39, 0.29) is 88.3 Å². The lowest BCUT2D eigenvalue weighted by Gasteiger charge is -2.41. The Kier molecular flexibility index (Phi) is 45.7. The molecule has 0 bridgehead atoms. The second-order valence-electron chi connectivity index (χ2n) is 32.6. The summed E-state index contributed by atoms with van der Waals surface area (Å²) in [4.78, 5) is 188. The summed E-state index contributed by atoms with van der Waals surface area (Å²) in [5, 5.41) is 42.1. The molecule has 38 heteroatoms. The number of Topliss-reactive ketones (excluding diaryl/α,β-unsaturated/α-hetero) is 2. The molecule has 0 saturated carbocycles. The number of carbonyl (C=O) groups excluding carboxylic acids is 13. The molecule has 2 aromatic rings. The monoisotopic (exact) mass is 1770 g/mol. The van der Waals surface area contributed by atoms with Crippen LogP contribution >= 0.6 is 33.3 Å². The van der Waals surface area contributed by atoms with Crippen molar-refractivity contribution in [2.75, 3.05) is 83.7 Å². The number of unbranched alkanes of at least 4 members (excludes halogenated alkanes) is 1. The van der Waals surface area contributed by atoms with Gasteiger partial charge >= 0.3 is 18.1 Å². The minimum Gasteiger partial charge on any atom is -0.445 e. The van der Waals surface area contributed by atoms with Crippen LogP contribution in [0.25, 0.3) is 0 Å². The molecule has 35 nitrogen and oxygen atoms in total. The van der Waals surface area contributed by atoms with Crippen LogP contribution in [0.4, 0.5) is 15.3 Å². The lowest BCUT2D eigenvalue weighted by molar-refractivity contribution is -0.198. The maximum atomic E-state index is 14.9. The largest absolute Gasteiger partial charge is 0.445 e. The number of primary amides is 1. The molecule has 5 rings (SSSR count). The standard InChI is InChI=1S/C84H135N15O20S3/c1-16-51(8)73(63(115-14)43-67(102)98-39-23-29-62(98)76(116-15)52(9)77(107)90-53(10)74(105)56-25-18-17-19-26-56)96(12)82(112)71(49(4)5)95-80(110)72(50(6)7)97(13)84(114)118-45-55-31-33-57(34-32-55)91-78(108)60(28-22-38-89-83(87)113)93-79(109)70(48(2)3)94-66(101)35-40-117-41-36-69(104)119-99-68(103)44-64(81(99)111)120-42-24-30-65(86)88-37-21-20-27-59-75(106)58(85)46-121-122-47-61(92-59)54(11)100/h17-19,25-26,31-34,48-53,58-64,70-74,76-77,90,92,105,107H,16,20-24,27-30,35-47,85H2,1-15H3,(H2,86,88)(H,91,108)(H,93,109)(H,94,101)(H,95,110)(H3,87,89,113)/t51-,52+,53+,58?,59-,60-,61?,62?,63+,64?,70-,71?,72-,73?,74+,76+,77+/m0/s1. The van der Waals surface area contributed by atoms with Gasteiger partial charge < -0.3 is 87.6 Å². The Labute approximate surface area is 730 Å². The van der Waals surface area contributed by atoms with Crippen molar-refractivity contribution in [2.24, 2.45) is 51.8 Å². The average molecular weight is 1770 g/mol. The molecule has 0 aliphatic carbocycles. The molecule has 15 N–H and O–H groups in total. The highest BCUT2D eigenvalue weighted by Gasteiger charge is 2.46. The number of amides is 11. The first-order valence-corrected chi connectivity index (χ1v) is 45.8. The zero-order chi connectivity index (χ0) is 90.6. The minimum absolute atomic E-state index is 0.0184. The Morgan fingerprint density at radius 3 is 2.07 bits per heavy atom. The van der Waals surface area contributed by atoms with E-state index < -0.39 is 173 Å². The number of anilines is 1. The van der Waals surface area contributed by atoms with Gasteiger partial charge in [0.25, 0.3) is 11.8 Å². The van der Waals surface area contributed by atoms with Gasteiger partial charge in [0.15, 0.2) is 5.78 Å². The molecule has 3 aliphatic heterocycles. The zero-order valence-electron chi connectivity index (χ0n) is 73.4. The number of hydrogen-bond donors (Lipinski definition) is 12. The molecule has 0 radical (unpaired) electrons. The van der Waals surface area contributed by atoms with Crippen molar-refractivity contribution >= 4 is 122 Å². The van der Waals surface area contributed by atoms with E-state index in [0.717, 1.165) is 4.90 Å². The summed E-state index contributed by atoms with van der Waals surface area (Å²) in [5.74, 6) is -5.84. The summed E-state index contributed by atoms with van der Waals surface area (Å²) in [6, 6.07) is 6.95. The minimum atomic E-state index is -1.20. The van der Waals surface area contributed by atoms with Gasteiger partial charge in [-0.2, -0.15) is 0 Å². The molecule has 11 amide bonds. The van der Waals surface area contributed by atoms with Gasteiger partial charge in [-0.3, -0.25) is 68.5 Å². The number of likely N-dealkylation sites (tertiary alicyclic amines) is 1. The molecule has 3 fully saturated rings. The van der Waals surface area contributed by atoms with Crippen LogP contribution in [0.1, 0.15) is 183 Å². The van der Waals surface area contributed by atoms with Crippen LogP contribution in [0.15, 0.2) is 59.6 Å². The molecule has 3 saturated heterocycles. The maximum Gasteiger partial charge on any atom is 0.410 e. The Morgan fingerprint density at radius 2 is 1.44 bits per heavy atom. The topological polar surface area (TPSA) is 496 Å². The number of rotatable bonds is 51. The number of aliphatic imine (C=N–C) groups is 1. The number of nitrogens with two attached hydrogens (primary N) is 3. The lowest BCUT2D eigenvalue weighted by Crippen LogP contribution is -2.60. The number of aliphatic hydroxyl groups excluding tert-OH is 2. The van der Waals surface area contributed by atoms with Crippen LogP contribution in [0.2, 0.25) is 0 Å². The van der Waals surface area contributed by atoms with Crippen LogP contribution in [0.3, 0.4) is 0 Å². The third kappa shape index (κ3) is 33.1. The number of imide groups is 1. The van der Waals surface area contributed by atoms with E-state index in [2.05, 4.69) is 42.2 Å². The van der Waals surface area contributed by atoms with Gasteiger partial charge in [-0.1, -0.05) is 133 Å². The first kappa shape index (κ1) is 104. The van der Waals surface area contributed by atoms with Gasteiger partial charge in [0, 0.05) is 89.9 Å². The fraction of sp³-hybridized carbons (Fsp3) is 0.690. The molecular weight excluding hydrogens is 1640 g/mol. The Hall–Kier alpha value is -8.05. The third-order valence-electron chi connectivity index (χ3n) is 22.2. The van der Waals surface area contributed by atoms with E-state index in [0.29, 0.717) is 109 Å². The number of nitrogens with zero attached hydrogens (tertiary/aromatic N) is 5. The number of aliphatic hydroxyl groups is 2. The average Bonchev–Trinajstić information content (AvgIpc) is 1.49. The summed E-state index contributed by atoms with van der Waals surface area (Å²) in [6.07, 6.45) is -0.134. The molecule has 122 heavy (non-hydrogen) atoms. The van der Waals surface area contributed by atoms with Crippen molar-refractivity contribution in [3.63, 3.8) is 0 Å². The molecule has 6 unspecified atom stereocenters. The van der Waals surface area contributed by atoms with Crippen LogP contribution in [-0.2, 0) is 83.1 Å². The number of hydrogen-bond acceptors (Lipinski definition) is 27. The van der Waals surface area contributed by atoms with E-state index in [1.165, 1.54) is 54.4 Å². The van der Waals surface area contributed by atoms with E-state index in [1.54, 1.807) is 96.7 Å². The third-order valence-corrected chi connectivity index (χ3v) is 25.9. The van der Waals surface area contributed by atoms with Gasteiger partial charge in [0.1, 0.15) is 42.8 Å². The van der Waals surface area contributed by atoms with Crippen molar-refractivity contribution in [3.05, 3.63) is 65.7 Å². The fourth-order valence-corrected chi connectivity index (χ4v) is 18.3. The second-order valence-corrected chi connectivity index (χ2v) is 36.4. The molecule has 3 aliphatic rings. The predicted molar refractivity (Wildman–Crippen MR) is 468 cm³/mol. The van der Waals surface area contributed by atoms with Crippen LogP contribution < -0.4 is 54.4 Å². The molecule has 17 atom stereocenters. The summed E-state index contributed by atoms with van der Waals surface area (Å²) >= 11 is 1.23. The molecule has 3 heterocycles. The van der Waals surface area contributed by atoms with Crippen molar-refractivity contribution in [2.45, 2.75) is 263 Å². The van der Waals surface area contributed by atoms with E-state index >= 15 is 0 Å². The van der Waals surface area contributed by atoms with E-state index in [4.69, 9.17) is 41.0 Å². The first-order chi connectivity index (χ1) is 57.8. The zero-order valence-corrected chi connectivity index (χ0v) is 75.9. The van der Waals surface area contributed by atoms with Crippen molar-refractivity contribution < 1.29 is 96.3 Å². The van der Waals surface area contributed by atoms with Crippen molar-refractivity contribution in [1.29, 1.82) is 0 Å². The predicted octanol–water partition coefficient (Wildman–Crippen LogP) is 5.01. The summed E-state index contributed by atoms with van der Waals surface area (Å²) in [7, 11) is 9.11. The highest BCUT2D eigenvalue weighted by molar-refractivity contribution is 8.76. The van der Waals surface area contributed by atoms with Crippen molar-refractivity contribution in [1.82, 2.24) is 51.7 Å². The van der Waals surface area contributed by atoms with Gasteiger partial charge in [-0.15, -0.1) is 16.8 Å². The van der Waals surface area contributed by atoms with Gasteiger partial charge in [-0.25, -0.2) is 14.4 Å². The number of hydroxylamine groups is 2. The highest BCUT2D eigenvalue weighted by Crippen LogP contribution is 2.33. The van der Waals surface area contributed by atoms with E-state index in [1.807, 2.05) is 51.1 Å². The SMILES string of the molecule is CC[C@H](C)C([C@@H](CC(=O)N1CCCC1[C@H](OC)[C@@H](C)[C@@H](O)N[C@H](C)[C@@H](O)c1ccccc1)OC)N(C)C(=O)C(NC(=O)[C@H](C(C)C)N(C)C(=O)OCc1ccc(NC(=O)[C@H](CCCNC(N)=O)NC(=O)[C@@H](NC(=O)CCOCCC(=O)ON2C(=O)CC(SCCCC(N)=NCCCC[C@@H]3NC(C(C)=O)CSSCC(N)C3=O)C2=O)C(C)C)cc1)C(C)C. The lowest BCUT2D eigenvalue weighted by atomic mass is 9.89. The fourth-order valence-electron chi connectivity index (χ4n) is 14.8. The number of benzene rings is 2. The molecule has 2 aromatic carbocycles. The molecule has 684 valence electrons. The highest BCUT2D eigenvalue weighted by atomic mass is 33.1. The number of nitrogens with one attached hydrogen (secondary N) is 7. The van der Waals surface area contributed by atoms with Gasteiger partial charge in [0.2, 0.25) is 35.4 Å². The van der Waals surface area contributed by atoms with Gasteiger partial charge in [-0.05, 0) is 118 Å². The number of thioether (sulfide) groups is 1. The molecular formula is C84H135N15O20S3. The Balaban J connectivity index is 1.07. The summed E-state index contributed by atoms with van der Waals surface area (Å²) in [6.45, 7) is 19.8. The smallest absolute Gasteiger partial charge is 0.410 e. The summed E-state index contributed by atoms with van der Waals surface area (Å²) < 4.78 is 23.4. The van der Waals surface area contributed by atoms with Crippen LogP contribution in [-0.4, -0.2) is 275 Å². The van der Waals surface area contributed by atoms with Crippen molar-refractivity contribution in [3.8, 4) is 0 Å². The Bertz CT molecular complexity index is 3760. The van der Waals surface area contributed by atoms with Crippen LogP contribution in [0.5, 0.6) is 0 Å². The van der Waals surface area contributed by atoms with Gasteiger partial charge in [0.05, 0.1) is 92.1 Å². The molecule has 0 spiro atoms. The Morgan fingerprint density at radius 1 is 0.770 bits per heavy atom. The number of likely N-dealkylation sites (N-methyl/N-ethyl adjacent to an activating group) is 2. The second kappa shape index (κ2) is 53.3. The number of methoxy groups -OCH3 is 2. The summed E-state index contributed by atoms with van der Waals surface area (Å²) in [5.41, 5.74) is 19.0. The number of ketones is 2. The number of ether oxygens (including phenoxy) is 4. The normalized spacial score (nSPS) is 20.2. The van der Waals surface area contributed by atoms with Crippen LogP contribution in [0, 0.1) is 29.6 Å². The number of amidine groups is 1. The number of urea groups is 1.